The van der Waals surface area contributed by atoms with E-state index in [9.17, 15) is 10.1 Å². The lowest BCUT2D eigenvalue weighted by Crippen LogP contribution is -1.89. The van der Waals surface area contributed by atoms with Crippen LogP contribution in [-0.4, -0.2) is 19.3 Å². The molecule has 0 bridgehead atoms. The van der Waals surface area contributed by atoms with Gasteiger partial charge in [-0.1, -0.05) is 0 Å². The Morgan fingerprint density at radius 3 is 3.06 bits per heavy atom. The molecule has 78 valence electrons. The number of hydrogen-bond donors (Lipinski definition) is 0. The number of hydrogen-bond acceptors (Lipinski definition) is 4. The van der Waals surface area contributed by atoms with E-state index in [-0.39, 0.29) is 5.69 Å². The smallest absolute Gasteiger partial charge is 0.271 e. The van der Waals surface area contributed by atoms with Gasteiger partial charge in [-0.25, -0.2) is 9.97 Å². The standard InChI is InChI=1S/C10H6N4O2/c15-14(16)7-2-3-8-9(6-7)13-5-1-4-11-10(13)12-8/h1-6H. The maximum Gasteiger partial charge on any atom is 0.271 e. The summed E-state index contributed by atoms with van der Waals surface area (Å²) >= 11 is 0. The number of non-ortho nitro benzene ring substituents is 1. The minimum Gasteiger partial charge on any atom is -0.283 e. The molecule has 0 aliphatic rings. The fourth-order valence-electron chi connectivity index (χ4n) is 1.65. The topological polar surface area (TPSA) is 73.3 Å². The van der Waals surface area contributed by atoms with Crippen molar-refractivity contribution in [1.29, 1.82) is 0 Å². The molecule has 3 aromatic rings. The minimum atomic E-state index is -0.421. The van der Waals surface area contributed by atoms with Gasteiger partial charge >= 0.3 is 0 Å². The molecule has 0 aliphatic carbocycles. The van der Waals surface area contributed by atoms with Crippen LogP contribution < -0.4 is 0 Å². The van der Waals surface area contributed by atoms with E-state index in [1.165, 1.54) is 12.1 Å². The number of rotatable bonds is 1. The molecule has 0 saturated carbocycles. The fraction of sp³-hybridized carbons (Fsp3) is 0. The van der Waals surface area contributed by atoms with Gasteiger partial charge in [0, 0.05) is 24.5 Å². The molecule has 0 radical (unpaired) electrons. The average molecular weight is 214 g/mol. The van der Waals surface area contributed by atoms with Gasteiger partial charge in [-0.3, -0.25) is 14.5 Å². The van der Waals surface area contributed by atoms with E-state index in [4.69, 9.17) is 0 Å². The molecule has 0 saturated heterocycles. The van der Waals surface area contributed by atoms with E-state index in [0.717, 1.165) is 0 Å². The lowest BCUT2D eigenvalue weighted by atomic mass is 10.3. The van der Waals surface area contributed by atoms with Gasteiger partial charge in [-0.15, -0.1) is 0 Å². The molecule has 1 aromatic carbocycles. The highest BCUT2D eigenvalue weighted by Gasteiger charge is 2.10. The van der Waals surface area contributed by atoms with E-state index in [0.29, 0.717) is 16.8 Å². The third kappa shape index (κ3) is 1.13. The van der Waals surface area contributed by atoms with E-state index < -0.39 is 4.92 Å². The number of benzene rings is 1. The van der Waals surface area contributed by atoms with Crippen LogP contribution in [0.4, 0.5) is 5.69 Å². The molecule has 6 heteroatoms. The monoisotopic (exact) mass is 214 g/mol. The molecule has 2 heterocycles. The maximum absolute atomic E-state index is 10.7. The Bertz CT molecular complexity index is 704. The van der Waals surface area contributed by atoms with Crippen LogP contribution in [0.25, 0.3) is 16.8 Å². The van der Waals surface area contributed by atoms with Crippen LogP contribution >= 0.6 is 0 Å². The molecule has 0 unspecified atom stereocenters. The van der Waals surface area contributed by atoms with Gasteiger partial charge in [0.15, 0.2) is 0 Å². The molecule has 0 N–H and O–H groups in total. The first-order valence-corrected chi connectivity index (χ1v) is 4.63. The Morgan fingerprint density at radius 2 is 2.25 bits per heavy atom. The van der Waals surface area contributed by atoms with Crippen LogP contribution in [-0.2, 0) is 0 Å². The SMILES string of the molecule is O=[N+]([O-])c1ccc2nc3ncccn3c2c1. The summed E-state index contributed by atoms with van der Waals surface area (Å²) < 4.78 is 1.72. The molecule has 0 atom stereocenters. The second kappa shape index (κ2) is 2.99. The first-order valence-electron chi connectivity index (χ1n) is 4.63. The number of imidazole rings is 1. The van der Waals surface area contributed by atoms with Crippen LogP contribution in [0.1, 0.15) is 0 Å². The normalized spacial score (nSPS) is 11.0. The van der Waals surface area contributed by atoms with Crippen molar-refractivity contribution in [2.75, 3.05) is 0 Å². The summed E-state index contributed by atoms with van der Waals surface area (Å²) in [7, 11) is 0. The zero-order chi connectivity index (χ0) is 11.1. The summed E-state index contributed by atoms with van der Waals surface area (Å²) in [5.74, 6) is 0.540. The van der Waals surface area contributed by atoms with Gasteiger partial charge in [-0.2, -0.15) is 0 Å². The predicted octanol–water partition coefficient (Wildman–Crippen LogP) is 1.79. The molecule has 0 spiro atoms. The highest BCUT2D eigenvalue weighted by Crippen LogP contribution is 2.20. The highest BCUT2D eigenvalue weighted by molar-refractivity contribution is 5.81. The van der Waals surface area contributed by atoms with Crippen molar-refractivity contribution in [3.63, 3.8) is 0 Å². The summed E-state index contributed by atoms with van der Waals surface area (Å²) in [6, 6.07) is 6.32. The molecule has 0 aliphatic heterocycles. The van der Waals surface area contributed by atoms with Crippen molar-refractivity contribution in [3.8, 4) is 0 Å². The summed E-state index contributed by atoms with van der Waals surface area (Å²) in [5, 5.41) is 10.7. The van der Waals surface area contributed by atoms with E-state index in [2.05, 4.69) is 9.97 Å². The number of nitro groups is 1. The van der Waals surface area contributed by atoms with Gasteiger partial charge < -0.3 is 0 Å². The molecule has 6 nitrogen and oxygen atoms in total. The third-order valence-corrected chi connectivity index (χ3v) is 2.38. The van der Waals surface area contributed by atoms with E-state index in [1.807, 2.05) is 0 Å². The Morgan fingerprint density at radius 1 is 1.38 bits per heavy atom. The number of aromatic nitrogens is 3. The van der Waals surface area contributed by atoms with Gasteiger partial charge in [0.2, 0.25) is 5.78 Å². The Hall–Kier alpha value is -2.50. The van der Waals surface area contributed by atoms with Gasteiger partial charge in [-0.05, 0) is 12.1 Å². The predicted molar refractivity (Wildman–Crippen MR) is 57.1 cm³/mol. The molecule has 2 aromatic heterocycles. The maximum atomic E-state index is 10.7. The lowest BCUT2D eigenvalue weighted by molar-refractivity contribution is -0.384. The molecule has 3 rings (SSSR count). The Kier molecular flexibility index (Phi) is 1.64. The third-order valence-electron chi connectivity index (χ3n) is 2.38. The largest absolute Gasteiger partial charge is 0.283 e. The number of nitrogens with zero attached hydrogens (tertiary/aromatic N) is 4. The lowest BCUT2D eigenvalue weighted by Gasteiger charge is -1.93. The van der Waals surface area contributed by atoms with Gasteiger partial charge in [0.25, 0.3) is 5.69 Å². The fourth-order valence-corrected chi connectivity index (χ4v) is 1.65. The summed E-state index contributed by atoms with van der Waals surface area (Å²) in [5.41, 5.74) is 1.44. The average Bonchev–Trinajstić information content (AvgIpc) is 2.66. The summed E-state index contributed by atoms with van der Waals surface area (Å²) in [6.07, 6.45) is 3.41. The van der Waals surface area contributed by atoms with Crippen molar-refractivity contribution in [1.82, 2.24) is 14.4 Å². The summed E-state index contributed by atoms with van der Waals surface area (Å²) in [4.78, 5) is 18.6. The van der Waals surface area contributed by atoms with Crippen LogP contribution in [0.15, 0.2) is 36.7 Å². The van der Waals surface area contributed by atoms with Gasteiger partial charge in [0.1, 0.15) is 0 Å². The van der Waals surface area contributed by atoms with Crippen molar-refractivity contribution in [2.24, 2.45) is 0 Å². The first kappa shape index (κ1) is 8.78. The zero-order valence-electron chi connectivity index (χ0n) is 8.07. The summed E-state index contributed by atoms with van der Waals surface area (Å²) in [6.45, 7) is 0. The van der Waals surface area contributed by atoms with Crippen LogP contribution in [0.2, 0.25) is 0 Å². The number of nitro benzene ring substituents is 1. The van der Waals surface area contributed by atoms with Crippen LogP contribution in [0.3, 0.4) is 0 Å². The second-order valence-corrected chi connectivity index (χ2v) is 3.33. The molecular weight excluding hydrogens is 208 g/mol. The van der Waals surface area contributed by atoms with E-state index >= 15 is 0 Å². The molecule has 0 amide bonds. The van der Waals surface area contributed by atoms with Crippen LogP contribution in [0.5, 0.6) is 0 Å². The first-order chi connectivity index (χ1) is 7.75. The molecule has 0 fully saturated rings. The highest BCUT2D eigenvalue weighted by atomic mass is 16.6. The van der Waals surface area contributed by atoms with Crippen molar-refractivity contribution >= 4 is 22.5 Å². The Labute approximate surface area is 89.3 Å². The minimum absolute atomic E-state index is 0.0538. The van der Waals surface area contributed by atoms with Crippen LogP contribution in [0, 0.1) is 10.1 Å². The zero-order valence-corrected chi connectivity index (χ0v) is 8.07. The Balaban J connectivity index is 2.44. The number of fused-ring (bicyclic) bond motifs is 3. The quantitative estimate of drug-likeness (QED) is 0.457. The van der Waals surface area contributed by atoms with Gasteiger partial charge in [0.05, 0.1) is 16.0 Å². The van der Waals surface area contributed by atoms with E-state index in [1.54, 1.807) is 28.9 Å². The van der Waals surface area contributed by atoms with Crippen molar-refractivity contribution in [3.05, 3.63) is 46.8 Å². The van der Waals surface area contributed by atoms with Crippen molar-refractivity contribution in [2.45, 2.75) is 0 Å². The molecular formula is C10H6N4O2. The van der Waals surface area contributed by atoms with Crippen molar-refractivity contribution < 1.29 is 4.92 Å². The second-order valence-electron chi connectivity index (χ2n) is 3.33. The molecule has 16 heavy (non-hydrogen) atoms.